The van der Waals surface area contributed by atoms with Crippen LogP contribution in [0, 0.1) is 0 Å². The van der Waals surface area contributed by atoms with E-state index in [0.29, 0.717) is 6.42 Å². The lowest BCUT2D eigenvalue weighted by Gasteiger charge is -2.01. The predicted octanol–water partition coefficient (Wildman–Crippen LogP) is 7.76. The molecule has 0 bridgehead atoms. The summed E-state index contributed by atoms with van der Waals surface area (Å²) >= 11 is 0. The number of hydrogen-bond acceptors (Lipinski definition) is 2. The van der Waals surface area contributed by atoms with Crippen LogP contribution < -0.4 is 0 Å². The Hall–Kier alpha value is -0.790. The fraction of sp³-hybridized carbons (Fsp3) is 0.870. The summed E-state index contributed by atoms with van der Waals surface area (Å²) in [5.41, 5.74) is 0. The quantitative estimate of drug-likeness (QED) is 0.135. The molecule has 0 N–H and O–H groups in total. The van der Waals surface area contributed by atoms with Gasteiger partial charge in [0.15, 0.2) is 0 Å². The third-order valence-corrected chi connectivity index (χ3v) is 4.87. The zero-order valence-electron chi connectivity index (χ0n) is 17.2. The van der Waals surface area contributed by atoms with Gasteiger partial charge in [0, 0.05) is 6.42 Å². The molecule has 0 aromatic carbocycles. The van der Waals surface area contributed by atoms with Crippen molar-refractivity contribution in [1.82, 2.24) is 0 Å². The highest BCUT2D eigenvalue weighted by Crippen LogP contribution is 2.12. The average Bonchev–Trinajstić information content (AvgIpc) is 2.63. The number of allylic oxidation sites excluding steroid dienone is 2. The minimum atomic E-state index is -0.0706. The molecule has 0 aromatic rings. The zero-order chi connectivity index (χ0) is 18.4. The molecular weight excluding hydrogens is 308 g/mol. The molecule has 148 valence electrons. The van der Waals surface area contributed by atoms with Crippen molar-refractivity contribution in [2.24, 2.45) is 0 Å². The van der Waals surface area contributed by atoms with E-state index in [9.17, 15) is 4.79 Å². The van der Waals surface area contributed by atoms with Gasteiger partial charge in [0.1, 0.15) is 0 Å². The number of esters is 1. The predicted molar refractivity (Wildman–Crippen MR) is 110 cm³/mol. The Kier molecular flexibility index (Phi) is 20.6. The maximum atomic E-state index is 11.0. The van der Waals surface area contributed by atoms with Crippen molar-refractivity contribution in [2.45, 2.75) is 122 Å². The highest BCUT2D eigenvalue weighted by molar-refractivity contribution is 5.68. The monoisotopic (exact) mass is 352 g/mol. The van der Waals surface area contributed by atoms with Gasteiger partial charge in [-0.05, 0) is 32.1 Å². The molecular formula is C23H44O2. The molecule has 0 saturated heterocycles. The van der Waals surface area contributed by atoms with Crippen LogP contribution in [0.2, 0.25) is 0 Å². The second-order valence-corrected chi connectivity index (χ2v) is 7.32. The first kappa shape index (κ1) is 24.2. The summed E-state index contributed by atoms with van der Waals surface area (Å²) in [7, 11) is 1.46. The van der Waals surface area contributed by atoms with Crippen molar-refractivity contribution in [3.8, 4) is 0 Å². The van der Waals surface area contributed by atoms with Crippen molar-refractivity contribution in [3.63, 3.8) is 0 Å². The van der Waals surface area contributed by atoms with E-state index >= 15 is 0 Å². The Morgan fingerprint density at radius 2 is 1.04 bits per heavy atom. The number of hydrogen-bond donors (Lipinski definition) is 0. The van der Waals surface area contributed by atoms with Gasteiger partial charge in [0.25, 0.3) is 0 Å². The summed E-state index contributed by atoms with van der Waals surface area (Å²) < 4.78 is 4.64. The molecule has 0 amide bonds. The minimum Gasteiger partial charge on any atom is -0.469 e. The lowest BCUT2D eigenvalue weighted by atomic mass is 10.1. The zero-order valence-corrected chi connectivity index (χ0v) is 17.2. The number of rotatable bonds is 19. The first-order valence-corrected chi connectivity index (χ1v) is 11.0. The van der Waals surface area contributed by atoms with Crippen molar-refractivity contribution in [2.75, 3.05) is 7.11 Å². The van der Waals surface area contributed by atoms with Gasteiger partial charge >= 0.3 is 5.97 Å². The van der Waals surface area contributed by atoms with Crippen LogP contribution in [-0.2, 0) is 9.53 Å². The Morgan fingerprint density at radius 1 is 0.640 bits per heavy atom. The van der Waals surface area contributed by atoms with E-state index in [4.69, 9.17) is 0 Å². The second kappa shape index (κ2) is 21.3. The van der Waals surface area contributed by atoms with Gasteiger partial charge in [-0.15, -0.1) is 0 Å². The lowest BCUT2D eigenvalue weighted by molar-refractivity contribution is -0.140. The van der Waals surface area contributed by atoms with Crippen LogP contribution in [-0.4, -0.2) is 13.1 Å². The number of ether oxygens (including phenoxy) is 1. The van der Waals surface area contributed by atoms with E-state index in [-0.39, 0.29) is 5.97 Å². The smallest absolute Gasteiger partial charge is 0.305 e. The fourth-order valence-electron chi connectivity index (χ4n) is 3.15. The van der Waals surface area contributed by atoms with E-state index in [1.807, 2.05) is 0 Å². The highest BCUT2D eigenvalue weighted by atomic mass is 16.5. The molecule has 0 fully saturated rings. The first-order chi connectivity index (χ1) is 12.3. The van der Waals surface area contributed by atoms with Crippen LogP contribution in [0.1, 0.15) is 122 Å². The van der Waals surface area contributed by atoms with E-state index in [2.05, 4.69) is 23.8 Å². The Bertz CT molecular complexity index is 296. The van der Waals surface area contributed by atoms with Gasteiger partial charge in [0.05, 0.1) is 7.11 Å². The maximum Gasteiger partial charge on any atom is 0.305 e. The highest BCUT2D eigenvalue weighted by Gasteiger charge is 1.98. The molecule has 2 nitrogen and oxygen atoms in total. The maximum absolute atomic E-state index is 11.0. The summed E-state index contributed by atoms with van der Waals surface area (Å²) in [4.78, 5) is 11.0. The van der Waals surface area contributed by atoms with Crippen molar-refractivity contribution < 1.29 is 9.53 Å². The fourth-order valence-corrected chi connectivity index (χ4v) is 3.15. The van der Waals surface area contributed by atoms with Gasteiger partial charge in [-0.25, -0.2) is 0 Å². The molecule has 0 atom stereocenters. The number of methoxy groups -OCH3 is 1. The van der Waals surface area contributed by atoms with Crippen LogP contribution in [0.15, 0.2) is 12.2 Å². The van der Waals surface area contributed by atoms with Gasteiger partial charge in [-0.1, -0.05) is 96.1 Å². The first-order valence-electron chi connectivity index (χ1n) is 11.0. The van der Waals surface area contributed by atoms with Crippen LogP contribution >= 0.6 is 0 Å². The van der Waals surface area contributed by atoms with E-state index in [1.165, 1.54) is 103 Å². The van der Waals surface area contributed by atoms with Gasteiger partial charge in [0.2, 0.25) is 0 Å². The van der Waals surface area contributed by atoms with Gasteiger partial charge < -0.3 is 4.74 Å². The van der Waals surface area contributed by atoms with Crippen LogP contribution in [0.5, 0.6) is 0 Å². The summed E-state index contributed by atoms with van der Waals surface area (Å²) in [6, 6.07) is 0. The molecule has 0 heterocycles. The van der Waals surface area contributed by atoms with Crippen LogP contribution in [0.4, 0.5) is 0 Å². The largest absolute Gasteiger partial charge is 0.469 e. The molecule has 0 unspecified atom stereocenters. The molecule has 0 aliphatic heterocycles. The van der Waals surface area contributed by atoms with E-state index in [0.717, 1.165) is 12.8 Å². The molecule has 0 radical (unpaired) electrons. The number of unbranched alkanes of at least 4 members (excludes halogenated alkanes) is 15. The van der Waals surface area contributed by atoms with Crippen molar-refractivity contribution in [1.29, 1.82) is 0 Å². The summed E-state index contributed by atoms with van der Waals surface area (Å²) in [5, 5.41) is 0. The average molecular weight is 353 g/mol. The van der Waals surface area contributed by atoms with E-state index in [1.54, 1.807) is 0 Å². The standard InChI is InChI=1S/C23H44O2/c1-3-4-5-6-7-8-9-10-11-12-13-14-15-16-17-18-19-20-21-22-23(24)25-2/h12-13H,3-11,14-22H2,1-2H3/b13-12+. The molecule has 25 heavy (non-hydrogen) atoms. The molecule has 0 rings (SSSR count). The number of carbonyl (C=O) groups is 1. The topological polar surface area (TPSA) is 26.3 Å². The second-order valence-electron chi connectivity index (χ2n) is 7.32. The van der Waals surface area contributed by atoms with Crippen molar-refractivity contribution in [3.05, 3.63) is 12.2 Å². The van der Waals surface area contributed by atoms with Crippen LogP contribution in [0.3, 0.4) is 0 Å². The number of carbonyl (C=O) groups excluding carboxylic acids is 1. The Labute approximate surface area is 157 Å². The molecule has 2 heteroatoms. The van der Waals surface area contributed by atoms with Gasteiger partial charge in [-0.3, -0.25) is 4.79 Å². The molecule has 0 aliphatic rings. The normalized spacial score (nSPS) is 11.3. The van der Waals surface area contributed by atoms with Gasteiger partial charge in [-0.2, -0.15) is 0 Å². The minimum absolute atomic E-state index is 0.0706. The third-order valence-electron chi connectivity index (χ3n) is 4.87. The molecule has 0 aliphatic carbocycles. The third kappa shape index (κ3) is 21.2. The summed E-state index contributed by atoms with van der Waals surface area (Å²) in [6.07, 6.45) is 27.9. The Morgan fingerprint density at radius 3 is 1.48 bits per heavy atom. The summed E-state index contributed by atoms with van der Waals surface area (Å²) in [6.45, 7) is 2.28. The summed E-state index contributed by atoms with van der Waals surface area (Å²) in [5.74, 6) is -0.0706. The van der Waals surface area contributed by atoms with Crippen LogP contribution in [0.25, 0.3) is 0 Å². The molecule has 0 saturated carbocycles. The molecule has 0 spiro atoms. The lowest BCUT2D eigenvalue weighted by Crippen LogP contribution is -1.99. The SMILES string of the molecule is CCCCCCCCCC/C=C/CCCCCCCCCC(=O)OC. The van der Waals surface area contributed by atoms with E-state index < -0.39 is 0 Å². The Balaban J connectivity index is 3.10. The van der Waals surface area contributed by atoms with Crippen molar-refractivity contribution >= 4 is 5.97 Å². The molecule has 0 aromatic heterocycles.